The molecule has 1 rings (SSSR count). The Kier molecular flexibility index (Phi) is 7.60. The van der Waals surface area contributed by atoms with Gasteiger partial charge in [-0.3, -0.25) is 10.2 Å². The first-order valence-electron chi connectivity index (χ1n) is 7.25. The van der Waals surface area contributed by atoms with Crippen molar-refractivity contribution in [3.63, 3.8) is 0 Å². The molecule has 0 bridgehead atoms. The monoisotopic (exact) mass is 315 g/mol. The largest absolute Gasteiger partial charge is 0.460 e. The summed E-state index contributed by atoms with van der Waals surface area (Å²) in [5, 5.41) is 4.11. The summed E-state index contributed by atoms with van der Waals surface area (Å²) in [4.78, 5) is 11.8. The fourth-order valence-electron chi connectivity index (χ4n) is 2.08. The van der Waals surface area contributed by atoms with Gasteiger partial charge in [0, 0.05) is 25.2 Å². The molecule has 0 radical (unpaired) electrons. The van der Waals surface area contributed by atoms with Gasteiger partial charge in [0.1, 0.15) is 6.10 Å². The first kappa shape index (κ1) is 17.8. The molecule has 0 saturated carbocycles. The number of nitrogens with one attached hydrogen (secondary N) is 1. The number of rotatable bonds is 8. The van der Waals surface area contributed by atoms with Gasteiger partial charge in [0.05, 0.1) is 12.5 Å². The van der Waals surface area contributed by atoms with Gasteiger partial charge in [0.25, 0.3) is 0 Å². The first-order valence-corrected chi connectivity index (χ1v) is 7.66. The lowest BCUT2D eigenvalue weighted by Crippen LogP contribution is -2.25. The number of carbonyl (C=O) groups excluding carboxylic acids is 1. The van der Waals surface area contributed by atoms with Gasteiger partial charge in [-0.1, -0.05) is 13.8 Å². The minimum absolute atomic E-state index is 0.111. The minimum atomic E-state index is -0.183. The van der Waals surface area contributed by atoms with Crippen LogP contribution in [0.3, 0.4) is 0 Å². The van der Waals surface area contributed by atoms with Gasteiger partial charge in [-0.2, -0.15) is 5.10 Å². The zero-order valence-electron chi connectivity index (χ0n) is 12.9. The van der Waals surface area contributed by atoms with Crippen molar-refractivity contribution in [1.82, 2.24) is 5.43 Å². The highest BCUT2D eigenvalue weighted by Crippen LogP contribution is 2.24. The van der Waals surface area contributed by atoms with Crippen LogP contribution in [-0.4, -0.2) is 36.1 Å². The zero-order chi connectivity index (χ0) is 15.8. The van der Waals surface area contributed by atoms with Gasteiger partial charge in [0.2, 0.25) is 0 Å². The molecule has 0 aromatic heterocycles. The maximum absolute atomic E-state index is 11.8. The Hall–Kier alpha value is -1.21. The molecule has 6 nitrogen and oxygen atoms in total. The van der Waals surface area contributed by atoms with Crippen LogP contribution in [0.2, 0.25) is 0 Å². The topological polar surface area (TPSA) is 85.9 Å². The van der Waals surface area contributed by atoms with Crippen molar-refractivity contribution in [2.45, 2.75) is 46.1 Å². The summed E-state index contributed by atoms with van der Waals surface area (Å²) >= 11 is 4.67. The van der Waals surface area contributed by atoms with E-state index >= 15 is 0 Å². The van der Waals surface area contributed by atoms with Gasteiger partial charge < -0.3 is 15.2 Å². The highest BCUT2D eigenvalue weighted by atomic mass is 32.1. The molecule has 2 atom stereocenters. The first-order chi connectivity index (χ1) is 9.88. The van der Waals surface area contributed by atoms with Crippen molar-refractivity contribution in [3.8, 4) is 0 Å². The summed E-state index contributed by atoms with van der Waals surface area (Å²) in [6, 6.07) is 0. The van der Waals surface area contributed by atoms with E-state index in [9.17, 15) is 4.79 Å². The lowest BCUT2D eigenvalue weighted by atomic mass is 9.99. The summed E-state index contributed by atoms with van der Waals surface area (Å²) in [7, 11) is 0. The number of ether oxygens (including phenoxy) is 2. The van der Waals surface area contributed by atoms with Crippen molar-refractivity contribution in [2.24, 2.45) is 22.7 Å². The molecular formula is C14H25N3O3S. The molecule has 1 aliphatic rings. The Labute approximate surface area is 131 Å². The number of cyclic esters (lactones) is 1. The molecule has 0 aliphatic carbocycles. The fourth-order valence-corrected chi connectivity index (χ4v) is 2.12. The molecule has 0 unspecified atom stereocenters. The fraction of sp³-hybridized carbons (Fsp3) is 0.786. The summed E-state index contributed by atoms with van der Waals surface area (Å²) in [5.74, 6) is 0.266. The van der Waals surface area contributed by atoms with E-state index in [1.54, 1.807) is 0 Å². The van der Waals surface area contributed by atoms with Crippen LogP contribution in [0.4, 0.5) is 0 Å². The number of hydrogen-bond donors (Lipinski definition) is 2. The van der Waals surface area contributed by atoms with E-state index in [0.717, 1.165) is 12.1 Å². The quantitative estimate of drug-likeness (QED) is 0.232. The number of nitrogens with zero attached hydrogens (tertiary/aromatic N) is 1. The number of esters is 1. The summed E-state index contributed by atoms with van der Waals surface area (Å²) in [5.41, 5.74) is 8.58. The van der Waals surface area contributed by atoms with E-state index in [4.69, 9.17) is 15.2 Å². The molecule has 0 aromatic rings. The number of carbonyl (C=O) groups is 1. The summed E-state index contributed by atoms with van der Waals surface area (Å²) in [6.45, 7) is 7.30. The van der Waals surface area contributed by atoms with Crippen LogP contribution in [0.5, 0.6) is 0 Å². The minimum Gasteiger partial charge on any atom is -0.460 e. The van der Waals surface area contributed by atoms with Crippen LogP contribution in [0, 0.1) is 11.8 Å². The predicted octanol–water partition coefficient (Wildman–Crippen LogP) is 1.58. The molecule has 1 heterocycles. The number of hydrazone groups is 1. The van der Waals surface area contributed by atoms with Crippen molar-refractivity contribution in [1.29, 1.82) is 0 Å². The lowest BCUT2D eigenvalue weighted by Gasteiger charge is -2.10. The van der Waals surface area contributed by atoms with Crippen LogP contribution in [0.25, 0.3) is 0 Å². The normalized spacial score (nSPS) is 22.5. The Balaban J connectivity index is 2.30. The molecule has 21 heavy (non-hydrogen) atoms. The average Bonchev–Trinajstić information content (AvgIpc) is 2.73. The van der Waals surface area contributed by atoms with Crippen molar-refractivity contribution < 1.29 is 14.3 Å². The summed E-state index contributed by atoms with van der Waals surface area (Å²) in [6.07, 6.45) is 2.07. The summed E-state index contributed by atoms with van der Waals surface area (Å²) < 4.78 is 10.9. The Morgan fingerprint density at radius 3 is 2.95 bits per heavy atom. The maximum atomic E-state index is 11.8. The maximum Gasteiger partial charge on any atom is 0.309 e. The molecule has 3 N–H and O–H groups in total. The Morgan fingerprint density at radius 2 is 2.33 bits per heavy atom. The lowest BCUT2D eigenvalue weighted by molar-refractivity contribution is -0.146. The van der Waals surface area contributed by atoms with E-state index in [1.165, 1.54) is 0 Å². The van der Waals surface area contributed by atoms with Crippen LogP contribution >= 0.6 is 12.2 Å². The van der Waals surface area contributed by atoms with E-state index in [-0.39, 0.29) is 23.1 Å². The van der Waals surface area contributed by atoms with Gasteiger partial charge in [0.15, 0.2) is 5.11 Å². The van der Waals surface area contributed by atoms with Crippen LogP contribution < -0.4 is 11.2 Å². The third-order valence-corrected chi connectivity index (χ3v) is 3.30. The van der Waals surface area contributed by atoms with Gasteiger partial charge in [-0.05, 0) is 31.5 Å². The van der Waals surface area contributed by atoms with Crippen molar-refractivity contribution in [3.05, 3.63) is 0 Å². The molecule has 0 aromatic carbocycles. The van der Waals surface area contributed by atoms with Gasteiger partial charge in [-0.25, -0.2) is 0 Å². The van der Waals surface area contributed by atoms with Crippen LogP contribution in [0.15, 0.2) is 5.10 Å². The molecular weight excluding hydrogens is 290 g/mol. The third kappa shape index (κ3) is 7.38. The Morgan fingerprint density at radius 1 is 1.62 bits per heavy atom. The second-order valence-corrected chi connectivity index (χ2v) is 6.22. The molecule has 1 aliphatic heterocycles. The average molecular weight is 315 g/mol. The molecule has 0 amide bonds. The van der Waals surface area contributed by atoms with Crippen LogP contribution in [-0.2, 0) is 14.3 Å². The van der Waals surface area contributed by atoms with Crippen molar-refractivity contribution >= 4 is 29.0 Å². The molecule has 120 valence electrons. The number of nitrogens with two attached hydrogens (primary N) is 1. The van der Waals surface area contributed by atoms with E-state index < -0.39 is 0 Å². The van der Waals surface area contributed by atoms with Crippen molar-refractivity contribution in [2.75, 3.05) is 13.2 Å². The molecule has 7 heteroatoms. The molecule has 1 fully saturated rings. The predicted molar refractivity (Wildman–Crippen MR) is 85.9 cm³/mol. The van der Waals surface area contributed by atoms with Gasteiger partial charge >= 0.3 is 5.97 Å². The number of hydrogen-bond acceptors (Lipinski definition) is 5. The SMILES string of the molecule is C/C(C[C@@H]1C[C@H](COCCC(C)C)OC1=O)=N/NC(N)=S. The van der Waals surface area contributed by atoms with Crippen LogP contribution in [0.1, 0.15) is 40.0 Å². The van der Waals surface area contributed by atoms with Gasteiger partial charge in [-0.15, -0.1) is 0 Å². The van der Waals surface area contributed by atoms with E-state index in [0.29, 0.717) is 32.0 Å². The smallest absolute Gasteiger partial charge is 0.309 e. The standard InChI is InChI=1S/C14H25N3O3S/c1-9(2)4-5-19-8-12-7-11(13(18)20-12)6-10(3)16-17-14(15)21/h9,11-12H,4-8H2,1-3H3,(H3,15,17,21)/b16-10-/t11-,12-/m1/s1. The second kappa shape index (κ2) is 8.94. The zero-order valence-corrected chi connectivity index (χ0v) is 13.7. The molecule has 1 saturated heterocycles. The third-order valence-electron chi connectivity index (χ3n) is 3.21. The van der Waals surface area contributed by atoms with E-state index in [2.05, 4.69) is 36.6 Å². The number of thiocarbonyl (C=S) groups is 1. The van der Waals surface area contributed by atoms with E-state index in [1.807, 2.05) is 6.92 Å². The highest BCUT2D eigenvalue weighted by Gasteiger charge is 2.34. The second-order valence-electron chi connectivity index (χ2n) is 5.78. The molecule has 0 spiro atoms. The Bertz CT molecular complexity index is 399. The highest BCUT2D eigenvalue weighted by molar-refractivity contribution is 7.80.